The van der Waals surface area contributed by atoms with E-state index in [1.807, 2.05) is 30.3 Å². The van der Waals surface area contributed by atoms with E-state index in [0.717, 1.165) is 16.7 Å². The van der Waals surface area contributed by atoms with Crippen LogP contribution in [0.2, 0.25) is 0 Å². The summed E-state index contributed by atoms with van der Waals surface area (Å²) in [6.45, 7) is 0.950. The molecule has 3 heterocycles. The summed E-state index contributed by atoms with van der Waals surface area (Å²) in [7, 11) is 1.55. The Bertz CT molecular complexity index is 1670. The summed E-state index contributed by atoms with van der Waals surface area (Å²) < 4.78 is 32.2. The van der Waals surface area contributed by atoms with Gasteiger partial charge in [0.05, 0.1) is 25.3 Å². The highest BCUT2D eigenvalue weighted by Gasteiger charge is 2.34. The molecule has 3 aliphatic rings. The number of nitrogens with one attached hydrogen (secondary N) is 1. The number of carbonyl (C=O) groups is 2. The van der Waals surface area contributed by atoms with Crippen LogP contribution >= 0.6 is 0 Å². The molecule has 0 aromatic heterocycles. The van der Waals surface area contributed by atoms with Crippen LogP contribution in [-0.4, -0.2) is 48.6 Å². The van der Waals surface area contributed by atoms with Gasteiger partial charge in [-0.2, -0.15) is 0 Å². The second-order valence-corrected chi connectivity index (χ2v) is 10.2. The van der Waals surface area contributed by atoms with Crippen LogP contribution in [0.15, 0.2) is 78.9 Å². The van der Waals surface area contributed by atoms with Crippen LogP contribution in [0.1, 0.15) is 49.9 Å². The summed E-state index contributed by atoms with van der Waals surface area (Å²) in [6.07, 6.45) is 1.03. The average Bonchev–Trinajstić information content (AvgIpc) is 3.00. The number of ether oxygens (including phenoxy) is 3. The maximum absolute atomic E-state index is 14.5. The molecule has 2 N–H and O–H groups in total. The molecule has 1 atom stereocenters. The first-order chi connectivity index (χ1) is 20.4. The first-order valence-corrected chi connectivity index (χ1v) is 13.7. The first-order valence-electron chi connectivity index (χ1n) is 13.7. The molecule has 42 heavy (non-hydrogen) atoms. The van der Waals surface area contributed by atoms with E-state index in [1.54, 1.807) is 30.2 Å². The highest BCUT2D eigenvalue weighted by molar-refractivity contribution is 5.95. The summed E-state index contributed by atoms with van der Waals surface area (Å²) in [5, 5.41) is 12.8. The van der Waals surface area contributed by atoms with Gasteiger partial charge in [0.25, 0.3) is 11.8 Å². The van der Waals surface area contributed by atoms with Crippen molar-refractivity contribution in [3.8, 4) is 28.7 Å². The van der Waals surface area contributed by atoms with Gasteiger partial charge in [0.1, 0.15) is 23.1 Å². The van der Waals surface area contributed by atoms with E-state index < -0.39 is 17.8 Å². The molecule has 3 aliphatic heterocycles. The van der Waals surface area contributed by atoms with Gasteiger partial charge in [-0.1, -0.05) is 18.2 Å². The Labute approximate surface area is 242 Å². The third-order valence-corrected chi connectivity index (χ3v) is 7.48. The quantitative estimate of drug-likeness (QED) is 0.325. The first kappa shape index (κ1) is 27.1. The number of aromatic hydroxyl groups is 1. The fourth-order valence-corrected chi connectivity index (χ4v) is 5.46. The van der Waals surface area contributed by atoms with Crippen molar-refractivity contribution >= 4 is 11.8 Å². The Balaban J connectivity index is 1.46. The average molecular weight is 569 g/mol. The number of hydrogen-bond acceptors (Lipinski definition) is 6. The molecule has 4 aromatic rings. The number of phenolic OH excluding ortho intramolecular Hbond substituents is 1. The number of carbonyl (C=O) groups excluding carboxylic acids is 2. The minimum absolute atomic E-state index is 0.0185. The topological polar surface area (TPSA) is 97.3 Å². The molecule has 0 spiro atoms. The van der Waals surface area contributed by atoms with Gasteiger partial charge >= 0.3 is 0 Å². The fraction of sp³-hybridized carbons (Fsp3) is 0.212. The van der Waals surface area contributed by atoms with Crippen LogP contribution in [0.4, 0.5) is 4.39 Å². The monoisotopic (exact) mass is 568 g/mol. The molecule has 2 amide bonds. The van der Waals surface area contributed by atoms with Gasteiger partial charge in [-0.3, -0.25) is 9.59 Å². The van der Waals surface area contributed by atoms with E-state index >= 15 is 0 Å². The summed E-state index contributed by atoms with van der Waals surface area (Å²) in [4.78, 5) is 28.3. The van der Waals surface area contributed by atoms with E-state index in [9.17, 15) is 19.1 Å². The number of halogens is 1. The zero-order valence-electron chi connectivity index (χ0n) is 22.9. The Morgan fingerprint density at radius 2 is 1.88 bits per heavy atom. The molecule has 0 radical (unpaired) electrons. The lowest BCUT2D eigenvalue weighted by molar-refractivity contribution is 0.0693. The smallest absolute Gasteiger partial charge is 0.254 e. The van der Waals surface area contributed by atoms with Crippen molar-refractivity contribution in [2.75, 3.05) is 26.8 Å². The highest BCUT2D eigenvalue weighted by Crippen LogP contribution is 2.41. The normalized spacial score (nSPS) is 16.4. The van der Waals surface area contributed by atoms with Crippen molar-refractivity contribution in [3.63, 3.8) is 0 Å². The van der Waals surface area contributed by atoms with Crippen molar-refractivity contribution < 1.29 is 33.3 Å². The second-order valence-electron chi connectivity index (χ2n) is 10.2. The molecule has 0 fully saturated rings. The van der Waals surface area contributed by atoms with Gasteiger partial charge in [0, 0.05) is 18.7 Å². The Morgan fingerprint density at radius 1 is 1.05 bits per heavy atom. The van der Waals surface area contributed by atoms with Crippen molar-refractivity contribution in [2.45, 2.75) is 18.9 Å². The molecule has 0 aliphatic carbocycles. The molecular formula is C33H29FN2O6. The van der Waals surface area contributed by atoms with Crippen LogP contribution < -0.4 is 19.5 Å². The molecule has 1 unspecified atom stereocenters. The molecule has 9 heteroatoms. The van der Waals surface area contributed by atoms with Crippen molar-refractivity contribution in [1.29, 1.82) is 0 Å². The highest BCUT2D eigenvalue weighted by atomic mass is 19.1. The maximum Gasteiger partial charge on any atom is 0.254 e. The number of phenols is 1. The van der Waals surface area contributed by atoms with Crippen LogP contribution in [0, 0.1) is 5.82 Å². The van der Waals surface area contributed by atoms with Crippen molar-refractivity contribution in [3.05, 3.63) is 112 Å². The van der Waals surface area contributed by atoms with E-state index in [1.165, 1.54) is 30.3 Å². The fourth-order valence-electron chi connectivity index (χ4n) is 5.46. The summed E-state index contributed by atoms with van der Waals surface area (Å²) in [5.41, 5.74) is 3.00. The lowest BCUT2D eigenvalue weighted by atomic mass is 9.87. The number of rotatable bonds is 2. The second kappa shape index (κ2) is 11.4. The van der Waals surface area contributed by atoms with E-state index in [2.05, 4.69) is 5.32 Å². The lowest BCUT2D eigenvalue weighted by Crippen LogP contribution is -2.40. The van der Waals surface area contributed by atoms with Crippen molar-refractivity contribution in [2.24, 2.45) is 0 Å². The van der Waals surface area contributed by atoms with Crippen molar-refractivity contribution in [1.82, 2.24) is 10.2 Å². The Kier molecular flexibility index (Phi) is 7.39. The SMILES string of the molecule is COc1ccc2cc1OCCCNC(=O)c1cc(ccc1F)Oc1ccc3c(c1)CCN(C(=O)c1cccc(O)c1)C23. The number of benzene rings is 4. The standard InChI is InChI=1S/C33H29FN2O6/c1-40-29-11-6-21-18-30(29)41-15-3-13-35-32(38)27-19-25(8-10-28(27)34)42-24-7-9-26-20(17-24)12-14-36(31(21)26)33(39)22-4-2-5-23(37)16-22/h2,4-11,16-19,31,37H,3,12-15H2,1H3,(H,35,38). The molecule has 8 nitrogen and oxygen atoms in total. The third kappa shape index (κ3) is 5.33. The Morgan fingerprint density at radius 3 is 2.71 bits per heavy atom. The molecular weight excluding hydrogens is 539 g/mol. The molecule has 8 bridgehead atoms. The molecule has 7 rings (SSSR count). The van der Waals surface area contributed by atoms with E-state index in [-0.39, 0.29) is 30.4 Å². The molecule has 214 valence electrons. The van der Waals surface area contributed by atoms with Crippen LogP contribution in [-0.2, 0) is 6.42 Å². The zero-order valence-corrected chi connectivity index (χ0v) is 22.9. The minimum atomic E-state index is -0.642. The van der Waals surface area contributed by atoms with E-state index in [0.29, 0.717) is 47.9 Å². The summed E-state index contributed by atoms with van der Waals surface area (Å²) in [5.74, 6) is 0.513. The summed E-state index contributed by atoms with van der Waals surface area (Å²) >= 11 is 0. The van der Waals surface area contributed by atoms with Gasteiger partial charge < -0.3 is 29.5 Å². The maximum atomic E-state index is 14.5. The van der Waals surface area contributed by atoms with Gasteiger partial charge in [0.2, 0.25) is 0 Å². The number of hydrogen-bond donors (Lipinski definition) is 2. The zero-order chi connectivity index (χ0) is 29.2. The van der Waals surface area contributed by atoms with Crippen LogP contribution in [0.3, 0.4) is 0 Å². The number of fused-ring (bicyclic) bond motifs is 6. The number of nitrogens with zero attached hydrogens (tertiary/aromatic N) is 1. The summed E-state index contributed by atoms with van der Waals surface area (Å²) in [6, 6.07) is 21.2. The molecule has 4 aromatic carbocycles. The number of methoxy groups -OCH3 is 1. The Hall–Kier alpha value is -5.05. The number of amides is 2. The van der Waals surface area contributed by atoms with Gasteiger partial charge in [-0.25, -0.2) is 4.39 Å². The predicted molar refractivity (Wildman–Crippen MR) is 153 cm³/mol. The molecule has 0 saturated carbocycles. The van der Waals surface area contributed by atoms with Gasteiger partial charge in [-0.05, 0) is 90.2 Å². The predicted octanol–water partition coefficient (Wildman–Crippen LogP) is 5.63. The van der Waals surface area contributed by atoms with Gasteiger partial charge in [-0.15, -0.1) is 0 Å². The largest absolute Gasteiger partial charge is 0.508 e. The van der Waals surface area contributed by atoms with Crippen LogP contribution in [0.5, 0.6) is 28.7 Å². The third-order valence-electron chi connectivity index (χ3n) is 7.48. The van der Waals surface area contributed by atoms with Gasteiger partial charge in [0.15, 0.2) is 11.5 Å². The van der Waals surface area contributed by atoms with Crippen LogP contribution in [0.25, 0.3) is 0 Å². The minimum Gasteiger partial charge on any atom is -0.508 e. The molecule has 0 saturated heterocycles. The lowest BCUT2D eigenvalue weighted by Gasteiger charge is -2.38. The van der Waals surface area contributed by atoms with E-state index in [4.69, 9.17) is 14.2 Å².